The molecule has 1 aromatic heterocycles. The fourth-order valence-electron chi connectivity index (χ4n) is 1.94. The quantitative estimate of drug-likeness (QED) is 0.779. The van der Waals surface area contributed by atoms with E-state index in [1.54, 1.807) is 6.20 Å². The summed E-state index contributed by atoms with van der Waals surface area (Å²) in [4.78, 5) is 6.30. The van der Waals surface area contributed by atoms with Crippen molar-refractivity contribution in [2.45, 2.75) is 19.6 Å². The predicted octanol–water partition coefficient (Wildman–Crippen LogP) is 1.56. The lowest BCUT2D eigenvalue weighted by atomic mass is 10.1. The number of hydrogen-bond acceptors (Lipinski definition) is 3. The van der Waals surface area contributed by atoms with Crippen LogP contribution in [0.2, 0.25) is 0 Å². The van der Waals surface area contributed by atoms with Gasteiger partial charge in [0, 0.05) is 32.0 Å². The van der Waals surface area contributed by atoms with Crippen LogP contribution in [0.15, 0.2) is 18.5 Å². The first kappa shape index (κ1) is 11.5. The van der Waals surface area contributed by atoms with Crippen LogP contribution in [0.4, 0.5) is 4.39 Å². The number of hydrogen-bond donors (Lipinski definition) is 0. The number of nitrogens with zero attached hydrogens (tertiary/aromatic N) is 2. The molecule has 0 amide bonds. The van der Waals surface area contributed by atoms with Gasteiger partial charge in [-0.3, -0.25) is 9.88 Å². The van der Waals surface area contributed by atoms with Crippen LogP contribution in [0.5, 0.6) is 0 Å². The van der Waals surface area contributed by atoms with E-state index in [9.17, 15) is 4.39 Å². The van der Waals surface area contributed by atoms with E-state index in [4.69, 9.17) is 4.74 Å². The number of aryl methyl sites for hydroxylation is 1. The van der Waals surface area contributed by atoms with Crippen LogP contribution in [0.1, 0.15) is 11.1 Å². The molecule has 0 aliphatic carbocycles. The van der Waals surface area contributed by atoms with Gasteiger partial charge in [0.15, 0.2) is 0 Å². The van der Waals surface area contributed by atoms with E-state index in [1.165, 1.54) is 11.1 Å². The summed E-state index contributed by atoms with van der Waals surface area (Å²) in [7, 11) is 0. The first-order valence-electron chi connectivity index (χ1n) is 5.59. The number of morpholine rings is 1. The molecule has 1 fully saturated rings. The predicted molar refractivity (Wildman–Crippen MR) is 60.0 cm³/mol. The molecule has 3 nitrogen and oxygen atoms in total. The standard InChI is InChI=1S/C12H17FN2O/c1-10-7-14-3-2-11(10)8-15-4-5-16-12(6-13)9-15/h2-3,7,12H,4-6,8-9H2,1H3/t12-/m0/s1. The van der Waals surface area contributed by atoms with Crippen molar-refractivity contribution >= 4 is 0 Å². The van der Waals surface area contributed by atoms with Crippen LogP contribution in [-0.4, -0.2) is 42.4 Å². The fourth-order valence-corrected chi connectivity index (χ4v) is 1.94. The van der Waals surface area contributed by atoms with Crippen LogP contribution < -0.4 is 0 Å². The highest BCUT2D eigenvalue weighted by Gasteiger charge is 2.20. The molecular formula is C12H17FN2O. The minimum absolute atomic E-state index is 0.254. The van der Waals surface area contributed by atoms with Crippen molar-refractivity contribution in [1.29, 1.82) is 0 Å². The summed E-state index contributed by atoms with van der Waals surface area (Å²) in [5.74, 6) is 0. The Morgan fingerprint density at radius 2 is 2.50 bits per heavy atom. The maximum Gasteiger partial charge on any atom is 0.117 e. The van der Waals surface area contributed by atoms with E-state index in [2.05, 4.69) is 16.8 Å². The van der Waals surface area contributed by atoms with Gasteiger partial charge in [0.05, 0.1) is 12.7 Å². The van der Waals surface area contributed by atoms with E-state index < -0.39 is 6.67 Å². The van der Waals surface area contributed by atoms with Crippen LogP contribution in [0, 0.1) is 6.92 Å². The number of rotatable bonds is 3. The van der Waals surface area contributed by atoms with E-state index in [0.29, 0.717) is 13.2 Å². The Hall–Kier alpha value is -1.00. The fraction of sp³-hybridized carbons (Fsp3) is 0.583. The first-order valence-corrected chi connectivity index (χ1v) is 5.59. The van der Waals surface area contributed by atoms with E-state index in [1.807, 2.05) is 12.3 Å². The minimum Gasteiger partial charge on any atom is -0.373 e. The Morgan fingerprint density at radius 1 is 1.62 bits per heavy atom. The topological polar surface area (TPSA) is 25.4 Å². The molecule has 0 unspecified atom stereocenters. The third kappa shape index (κ3) is 2.77. The zero-order chi connectivity index (χ0) is 11.4. The van der Waals surface area contributed by atoms with E-state index >= 15 is 0 Å². The summed E-state index contributed by atoms with van der Waals surface area (Å²) in [6.07, 6.45) is 3.41. The highest BCUT2D eigenvalue weighted by molar-refractivity contribution is 5.21. The van der Waals surface area contributed by atoms with Gasteiger partial charge >= 0.3 is 0 Å². The molecule has 1 aliphatic rings. The van der Waals surface area contributed by atoms with Gasteiger partial charge in [0.1, 0.15) is 6.67 Å². The summed E-state index contributed by atoms with van der Waals surface area (Å²) >= 11 is 0. The molecule has 1 aromatic rings. The molecule has 2 rings (SSSR count). The SMILES string of the molecule is Cc1cnccc1CN1CCO[C@@H](CF)C1. The van der Waals surface area contributed by atoms with E-state index in [0.717, 1.165) is 13.1 Å². The van der Waals surface area contributed by atoms with Crippen molar-refractivity contribution < 1.29 is 9.13 Å². The Balaban J connectivity index is 1.97. The Bertz CT molecular complexity index is 346. The zero-order valence-electron chi connectivity index (χ0n) is 9.53. The maximum atomic E-state index is 12.5. The lowest BCUT2D eigenvalue weighted by Gasteiger charge is -2.31. The zero-order valence-corrected chi connectivity index (χ0v) is 9.53. The van der Waals surface area contributed by atoms with Gasteiger partial charge in [0.25, 0.3) is 0 Å². The first-order chi connectivity index (χ1) is 7.79. The third-order valence-electron chi connectivity index (χ3n) is 2.93. The smallest absolute Gasteiger partial charge is 0.117 e. The Labute approximate surface area is 95.2 Å². The second-order valence-electron chi connectivity index (χ2n) is 4.18. The second kappa shape index (κ2) is 5.37. The normalized spacial score (nSPS) is 22.2. The third-order valence-corrected chi connectivity index (χ3v) is 2.93. The van der Waals surface area contributed by atoms with Crippen molar-refractivity contribution in [3.8, 4) is 0 Å². The largest absolute Gasteiger partial charge is 0.373 e. The minimum atomic E-state index is -0.397. The molecule has 0 N–H and O–H groups in total. The highest BCUT2D eigenvalue weighted by Crippen LogP contribution is 2.12. The van der Waals surface area contributed by atoms with Crippen molar-refractivity contribution in [1.82, 2.24) is 9.88 Å². The second-order valence-corrected chi connectivity index (χ2v) is 4.18. The highest BCUT2D eigenvalue weighted by atomic mass is 19.1. The van der Waals surface area contributed by atoms with Crippen molar-refractivity contribution in [3.63, 3.8) is 0 Å². The molecule has 88 valence electrons. The van der Waals surface area contributed by atoms with Crippen LogP contribution in [0.25, 0.3) is 0 Å². The van der Waals surface area contributed by atoms with Crippen molar-refractivity contribution in [2.75, 3.05) is 26.4 Å². The molecule has 0 spiro atoms. The molecule has 1 aliphatic heterocycles. The molecule has 0 aromatic carbocycles. The van der Waals surface area contributed by atoms with Gasteiger partial charge in [-0.15, -0.1) is 0 Å². The summed E-state index contributed by atoms with van der Waals surface area (Å²) < 4.78 is 17.8. The molecule has 4 heteroatoms. The van der Waals surface area contributed by atoms with Gasteiger partial charge in [-0.1, -0.05) is 0 Å². The Morgan fingerprint density at radius 3 is 3.25 bits per heavy atom. The maximum absolute atomic E-state index is 12.5. The van der Waals surface area contributed by atoms with Crippen molar-refractivity contribution in [3.05, 3.63) is 29.6 Å². The molecule has 1 saturated heterocycles. The van der Waals surface area contributed by atoms with Crippen LogP contribution >= 0.6 is 0 Å². The average Bonchev–Trinajstić information content (AvgIpc) is 2.32. The lowest BCUT2D eigenvalue weighted by molar-refractivity contribution is -0.0413. The van der Waals surface area contributed by atoms with Crippen LogP contribution in [-0.2, 0) is 11.3 Å². The molecule has 0 bridgehead atoms. The summed E-state index contributed by atoms with van der Waals surface area (Å²) in [6, 6.07) is 2.02. The number of halogens is 1. The number of aromatic nitrogens is 1. The van der Waals surface area contributed by atoms with E-state index in [-0.39, 0.29) is 6.10 Å². The van der Waals surface area contributed by atoms with Gasteiger partial charge in [-0.25, -0.2) is 4.39 Å². The molecule has 2 heterocycles. The Kier molecular flexibility index (Phi) is 3.85. The molecule has 0 saturated carbocycles. The monoisotopic (exact) mass is 224 g/mol. The number of pyridine rings is 1. The summed E-state index contributed by atoms with van der Waals surface area (Å²) in [5.41, 5.74) is 2.44. The lowest BCUT2D eigenvalue weighted by Crippen LogP contribution is -2.42. The average molecular weight is 224 g/mol. The number of ether oxygens (including phenoxy) is 1. The van der Waals surface area contributed by atoms with Gasteiger partial charge < -0.3 is 4.74 Å². The summed E-state index contributed by atoms with van der Waals surface area (Å²) in [6.45, 7) is 4.69. The molecule has 1 atom stereocenters. The number of alkyl halides is 1. The van der Waals surface area contributed by atoms with Gasteiger partial charge in [-0.05, 0) is 24.1 Å². The van der Waals surface area contributed by atoms with Gasteiger partial charge in [0.2, 0.25) is 0 Å². The molecule has 0 radical (unpaired) electrons. The summed E-state index contributed by atoms with van der Waals surface area (Å²) in [5, 5.41) is 0. The van der Waals surface area contributed by atoms with Crippen molar-refractivity contribution in [2.24, 2.45) is 0 Å². The van der Waals surface area contributed by atoms with Gasteiger partial charge in [-0.2, -0.15) is 0 Å². The molecule has 16 heavy (non-hydrogen) atoms. The molecular weight excluding hydrogens is 207 g/mol. The van der Waals surface area contributed by atoms with Crippen LogP contribution in [0.3, 0.4) is 0 Å².